The van der Waals surface area contributed by atoms with Gasteiger partial charge in [0, 0.05) is 0 Å². The molecule has 0 aliphatic rings. The SMILES string of the molecule is COC(C)[O][Al+][O]C(C)OC.[H-].[NaH]. The van der Waals surface area contributed by atoms with Crippen LogP contribution in [0.2, 0.25) is 0 Å². The Kier molecular flexibility index (Phi) is 13.8. The topological polar surface area (TPSA) is 36.9 Å². The van der Waals surface area contributed by atoms with Crippen LogP contribution in [-0.4, -0.2) is 72.2 Å². The van der Waals surface area contributed by atoms with Crippen LogP contribution in [0.25, 0.3) is 0 Å². The minimum absolute atomic E-state index is 0. The van der Waals surface area contributed by atoms with Crippen molar-refractivity contribution in [1.82, 2.24) is 0 Å². The maximum absolute atomic E-state index is 5.12. The van der Waals surface area contributed by atoms with Crippen molar-refractivity contribution < 1.29 is 18.5 Å². The Labute approximate surface area is 104 Å². The second-order valence-corrected chi connectivity index (χ2v) is 2.71. The molecule has 0 saturated heterocycles. The molecule has 0 radical (unpaired) electrons. The van der Waals surface area contributed by atoms with Crippen molar-refractivity contribution >= 4 is 45.4 Å². The molecule has 0 bridgehead atoms. The predicted octanol–water partition coefficient (Wildman–Crippen LogP) is 0.00260. The summed E-state index contributed by atoms with van der Waals surface area (Å²) >= 11 is -0.500. The van der Waals surface area contributed by atoms with Crippen molar-refractivity contribution in [2.75, 3.05) is 14.2 Å². The first-order valence-electron chi connectivity index (χ1n) is 3.39. The molecule has 0 fully saturated rings. The van der Waals surface area contributed by atoms with E-state index in [1.165, 1.54) is 0 Å². The fourth-order valence-corrected chi connectivity index (χ4v) is 0.899. The van der Waals surface area contributed by atoms with Crippen LogP contribution in [0.5, 0.6) is 0 Å². The molecule has 68 valence electrons. The monoisotopic (exact) mass is 202 g/mol. The zero-order valence-corrected chi connectivity index (χ0v) is 8.52. The first-order chi connectivity index (χ1) is 5.20. The van der Waals surface area contributed by atoms with Gasteiger partial charge in [-0.3, -0.25) is 0 Å². The van der Waals surface area contributed by atoms with Crippen molar-refractivity contribution in [2.45, 2.75) is 26.4 Å². The Bertz CT molecular complexity index is 90.7. The molecule has 0 amide bonds. The van der Waals surface area contributed by atoms with E-state index in [1.54, 1.807) is 14.2 Å². The molecule has 0 aromatic carbocycles. The Morgan fingerprint density at radius 2 is 1.33 bits per heavy atom. The van der Waals surface area contributed by atoms with Crippen molar-refractivity contribution in [3.05, 3.63) is 0 Å². The first kappa shape index (κ1) is 15.8. The van der Waals surface area contributed by atoms with Crippen LogP contribution >= 0.6 is 0 Å². The van der Waals surface area contributed by atoms with E-state index in [9.17, 15) is 0 Å². The van der Waals surface area contributed by atoms with E-state index in [0.717, 1.165) is 0 Å². The first-order valence-corrected chi connectivity index (χ1v) is 4.33. The molecular weight excluding hydrogens is 186 g/mol. The maximum atomic E-state index is 5.12. The third-order valence-corrected chi connectivity index (χ3v) is 2.15. The van der Waals surface area contributed by atoms with Crippen LogP contribution < -0.4 is 0 Å². The Hall–Kier alpha value is 1.37. The molecule has 6 heteroatoms. The van der Waals surface area contributed by atoms with Crippen LogP contribution in [0, 0.1) is 0 Å². The molecular formula is C6H16AlNaO4. The van der Waals surface area contributed by atoms with Gasteiger partial charge in [-0.2, -0.15) is 0 Å². The number of hydrogen-bond donors (Lipinski definition) is 0. The van der Waals surface area contributed by atoms with Gasteiger partial charge in [0.25, 0.3) is 0 Å². The van der Waals surface area contributed by atoms with Gasteiger partial charge in [0.15, 0.2) is 0 Å². The number of methoxy groups -OCH3 is 2. The van der Waals surface area contributed by atoms with E-state index in [0.29, 0.717) is 0 Å². The van der Waals surface area contributed by atoms with Crippen LogP contribution in [-0.2, 0) is 17.1 Å². The second-order valence-electron chi connectivity index (χ2n) is 1.98. The van der Waals surface area contributed by atoms with Crippen molar-refractivity contribution in [3.63, 3.8) is 0 Å². The predicted molar refractivity (Wildman–Crippen MR) is 49.1 cm³/mol. The zero-order chi connectivity index (χ0) is 8.69. The van der Waals surface area contributed by atoms with Gasteiger partial charge >= 0.3 is 103 Å². The third-order valence-electron chi connectivity index (χ3n) is 1.16. The Morgan fingerprint density at radius 1 is 1.00 bits per heavy atom. The van der Waals surface area contributed by atoms with Crippen LogP contribution in [0.15, 0.2) is 0 Å². The molecule has 0 spiro atoms. The summed E-state index contributed by atoms with van der Waals surface area (Å²) in [6.45, 7) is 3.63. The standard InChI is InChI=1S/2C3H7O2.Al.Na.2H/c2*1-3(4)5-2;;;;/h2*3H,1-2H3;;;;/q2*-1;+3;;;-1. The van der Waals surface area contributed by atoms with E-state index in [4.69, 9.17) is 17.1 Å². The van der Waals surface area contributed by atoms with Crippen molar-refractivity contribution in [1.29, 1.82) is 0 Å². The van der Waals surface area contributed by atoms with E-state index in [1.807, 2.05) is 13.8 Å². The molecule has 0 N–H and O–H groups in total. The molecule has 0 aliphatic heterocycles. The molecule has 0 aliphatic carbocycles. The molecule has 0 rings (SSSR count). The van der Waals surface area contributed by atoms with Crippen LogP contribution in [0.4, 0.5) is 0 Å². The molecule has 4 nitrogen and oxygen atoms in total. The van der Waals surface area contributed by atoms with Gasteiger partial charge in [0.2, 0.25) is 0 Å². The Balaban J connectivity index is -0.000000500. The average Bonchev–Trinajstić information content (AvgIpc) is 2.04. The minimum atomic E-state index is -0.500. The summed E-state index contributed by atoms with van der Waals surface area (Å²) in [7, 11) is 3.17. The van der Waals surface area contributed by atoms with Crippen LogP contribution in [0.3, 0.4) is 0 Å². The molecule has 2 unspecified atom stereocenters. The fourth-order valence-electron chi connectivity index (χ4n) is 0.300. The van der Waals surface area contributed by atoms with Crippen molar-refractivity contribution in [3.8, 4) is 0 Å². The fraction of sp³-hybridized carbons (Fsp3) is 1.00. The third kappa shape index (κ3) is 9.46. The zero-order valence-electron chi connectivity index (χ0n) is 8.37. The van der Waals surface area contributed by atoms with Gasteiger partial charge in [-0.05, 0) is 0 Å². The van der Waals surface area contributed by atoms with Gasteiger partial charge in [-0.1, -0.05) is 0 Å². The number of rotatable bonds is 6. The van der Waals surface area contributed by atoms with E-state index in [-0.39, 0.29) is 43.6 Å². The van der Waals surface area contributed by atoms with Crippen molar-refractivity contribution in [2.24, 2.45) is 0 Å². The summed E-state index contributed by atoms with van der Waals surface area (Å²) in [5, 5.41) is 0. The molecule has 0 heterocycles. The van der Waals surface area contributed by atoms with E-state index in [2.05, 4.69) is 0 Å². The van der Waals surface area contributed by atoms with Gasteiger partial charge in [0.1, 0.15) is 0 Å². The Morgan fingerprint density at radius 3 is 1.58 bits per heavy atom. The number of hydrogen-bond acceptors (Lipinski definition) is 4. The summed E-state index contributed by atoms with van der Waals surface area (Å²) in [6.07, 6.45) is -0.400. The molecule has 0 aromatic rings. The van der Waals surface area contributed by atoms with Crippen LogP contribution in [0.1, 0.15) is 15.3 Å². The summed E-state index contributed by atoms with van der Waals surface area (Å²) in [5.41, 5.74) is 0. The van der Waals surface area contributed by atoms with Gasteiger partial charge in [0.05, 0.1) is 0 Å². The summed E-state index contributed by atoms with van der Waals surface area (Å²) in [5.74, 6) is 0. The second kappa shape index (κ2) is 10.5. The van der Waals surface area contributed by atoms with Gasteiger partial charge in [-0.25, -0.2) is 0 Å². The van der Waals surface area contributed by atoms with E-state index >= 15 is 0 Å². The normalized spacial score (nSPS) is 14.3. The molecule has 0 aromatic heterocycles. The summed E-state index contributed by atoms with van der Waals surface area (Å²) < 4.78 is 19.9. The summed E-state index contributed by atoms with van der Waals surface area (Å²) in [4.78, 5) is 0. The van der Waals surface area contributed by atoms with Gasteiger partial charge < -0.3 is 1.43 Å². The average molecular weight is 202 g/mol. The quantitative estimate of drug-likeness (QED) is 0.449. The molecule has 0 saturated carbocycles. The summed E-state index contributed by atoms with van der Waals surface area (Å²) in [6, 6.07) is 0. The van der Waals surface area contributed by atoms with Gasteiger partial charge in [-0.15, -0.1) is 0 Å². The van der Waals surface area contributed by atoms with E-state index < -0.39 is 15.9 Å². The molecule has 2 atom stereocenters. The number of ether oxygens (including phenoxy) is 2. The molecule has 12 heavy (non-hydrogen) atoms.